The van der Waals surface area contributed by atoms with Gasteiger partial charge in [-0.15, -0.1) is 0 Å². The molecule has 6 nitrogen and oxygen atoms in total. The quantitative estimate of drug-likeness (QED) is 0.593. The number of para-hydroxylation sites is 1. The van der Waals surface area contributed by atoms with E-state index in [1.54, 1.807) is 18.3 Å². The van der Waals surface area contributed by atoms with Gasteiger partial charge < -0.3 is 14.7 Å². The zero-order chi connectivity index (χ0) is 21.6. The average Bonchev–Trinajstić information content (AvgIpc) is 2.79. The molecule has 31 heavy (non-hydrogen) atoms. The maximum atomic E-state index is 11.5. The number of ether oxygens (including phenoxy) is 1. The molecule has 0 spiro atoms. The van der Waals surface area contributed by atoms with E-state index in [0.29, 0.717) is 23.2 Å². The van der Waals surface area contributed by atoms with Crippen molar-refractivity contribution >= 4 is 23.4 Å². The minimum absolute atomic E-state index is 0.252. The van der Waals surface area contributed by atoms with Crippen molar-refractivity contribution in [2.75, 3.05) is 31.1 Å². The van der Waals surface area contributed by atoms with Crippen molar-refractivity contribution < 1.29 is 14.6 Å². The number of piperazine rings is 1. The molecular weight excluding hydrogens is 414 g/mol. The van der Waals surface area contributed by atoms with Crippen LogP contribution in [-0.2, 0) is 13.2 Å². The van der Waals surface area contributed by atoms with E-state index in [-0.39, 0.29) is 5.56 Å². The molecule has 160 valence electrons. The van der Waals surface area contributed by atoms with E-state index >= 15 is 0 Å². The van der Waals surface area contributed by atoms with Crippen LogP contribution >= 0.6 is 11.6 Å². The van der Waals surface area contributed by atoms with Gasteiger partial charge in [-0.25, -0.2) is 9.78 Å². The smallest absolute Gasteiger partial charge is 0.339 e. The van der Waals surface area contributed by atoms with E-state index in [2.05, 4.69) is 22.0 Å². The molecule has 0 atom stereocenters. The molecule has 0 bridgehead atoms. The van der Waals surface area contributed by atoms with Crippen LogP contribution in [0.2, 0.25) is 5.02 Å². The Morgan fingerprint density at radius 3 is 2.55 bits per heavy atom. The highest BCUT2D eigenvalue weighted by Crippen LogP contribution is 2.24. The number of pyridine rings is 1. The number of carbonyl (C=O) groups is 1. The Morgan fingerprint density at radius 1 is 1.00 bits per heavy atom. The number of hydrogen-bond donors (Lipinski definition) is 1. The van der Waals surface area contributed by atoms with Crippen LogP contribution < -0.4 is 9.64 Å². The summed E-state index contributed by atoms with van der Waals surface area (Å²) in [7, 11) is 0. The van der Waals surface area contributed by atoms with Crippen LogP contribution in [0.1, 0.15) is 21.5 Å². The largest absolute Gasteiger partial charge is 0.487 e. The van der Waals surface area contributed by atoms with Gasteiger partial charge >= 0.3 is 5.97 Å². The highest BCUT2D eigenvalue weighted by atomic mass is 35.5. The number of carboxylic acid groups (broad SMARTS) is 1. The molecule has 1 aromatic heterocycles. The van der Waals surface area contributed by atoms with Crippen molar-refractivity contribution in [3.63, 3.8) is 0 Å². The van der Waals surface area contributed by atoms with Crippen molar-refractivity contribution in [3.05, 3.63) is 88.6 Å². The number of aromatic carboxylic acids is 1. The highest BCUT2D eigenvalue weighted by molar-refractivity contribution is 6.32. The van der Waals surface area contributed by atoms with Gasteiger partial charge in [0.15, 0.2) is 0 Å². The molecule has 0 amide bonds. The van der Waals surface area contributed by atoms with Crippen LogP contribution in [0.25, 0.3) is 0 Å². The van der Waals surface area contributed by atoms with Gasteiger partial charge in [0.05, 0.1) is 5.02 Å². The molecule has 1 aliphatic rings. The fourth-order valence-electron chi connectivity index (χ4n) is 3.73. The van der Waals surface area contributed by atoms with Crippen molar-refractivity contribution in [2.24, 2.45) is 0 Å². The first-order valence-electron chi connectivity index (χ1n) is 10.2. The van der Waals surface area contributed by atoms with Gasteiger partial charge in [-0.2, -0.15) is 0 Å². The van der Waals surface area contributed by atoms with Crippen LogP contribution in [0.4, 0.5) is 5.82 Å². The van der Waals surface area contributed by atoms with Crippen LogP contribution in [0, 0.1) is 0 Å². The second-order valence-electron chi connectivity index (χ2n) is 7.48. The zero-order valence-electron chi connectivity index (χ0n) is 17.1. The van der Waals surface area contributed by atoms with Crippen LogP contribution in [0.5, 0.6) is 5.75 Å². The molecule has 2 aromatic carbocycles. The Hall–Kier alpha value is -3.09. The van der Waals surface area contributed by atoms with Crippen molar-refractivity contribution in [1.82, 2.24) is 9.88 Å². The summed E-state index contributed by atoms with van der Waals surface area (Å²) in [5.41, 5.74) is 2.57. The second-order valence-corrected chi connectivity index (χ2v) is 7.89. The second kappa shape index (κ2) is 9.81. The molecule has 4 rings (SSSR count). The lowest BCUT2D eigenvalue weighted by Gasteiger charge is -2.35. The lowest BCUT2D eigenvalue weighted by Crippen LogP contribution is -2.46. The molecular formula is C24H24ClN3O3. The monoisotopic (exact) mass is 437 g/mol. The lowest BCUT2D eigenvalue weighted by molar-refractivity contribution is 0.0697. The number of carboxylic acids is 1. The Labute approximate surface area is 186 Å². The van der Waals surface area contributed by atoms with Crippen LogP contribution in [-0.4, -0.2) is 47.1 Å². The van der Waals surface area contributed by atoms with E-state index in [1.807, 2.05) is 41.3 Å². The first-order chi connectivity index (χ1) is 15.1. The molecule has 1 saturated heterocycles. The van der Waals surface area contributed by atoms with Gasteiger partial charge in [-0.1, -0.05) is 48.0 Å². The standard InChI is InChI=1S/C24H24ClN3O3/c25-21-8-1-2-9-22(21)31-17-19-6-3-5-18(15-19)16-27-11-13-28(14-12-27)23-20(24(29)30)7-4-10-26-23/h1-10,15H,11-14,16-17H2,(H,29,30). The number of anilines is 1. The Balaban J connectivity index is 1.33. The molecule has 1 aliphatic heterocycles. The summed E-state index contributed by atoms with van der Waals surface area (Å²) in [6.07, 6.45) is 1.64. The van der Waals surface area contributed by atoms with Crippen LogP contribution in [0.3, 0.4) is 0 Å². The van der Waals surface area contributed by atoms with Gasteiger partial charge in [0.1, 0.15) is 23.7 Å². The van der Waals surface area contributed by atoms with E-state index in [4.69, 9.17) is 16.3 Å². The lowest BCUT2D eigenvalue weighted by atomic mass is 10.1. The predicted molar refractivity (Wildman–Crippen MR) is 121 cm³/mol. The van der Waals surface area contributed by atoms with Gasteiger partial charge in [0.2, 0.25) is 0 Å². The van der Waals surface area contributed by atoms with Gasteiger partial charge in [-0.3, -0.25) is 4.90 Å². The van der Waals surface area contributed by atoms with E-state index in [9.17, 15) is 9.90 Å². The Kier molecular flexibility index (Phi) is 6.70. The van der Waals surface area contributed by atoms with Gasteiger partial charge in [0, 0.05) is 38.9 Å². The van der Waals surface area contributed by atoms with Crippen LogP contribution in [0.15, 0.2) is 66.9 Å². The molecule has 0 aliphatic carbocycles. The fourth-order valence-corrected chi connectivity index (χ4v) is 3.92. The summed E-state index contributed by atoms with van der Waals surface area (Å²) in [6.45, 7) is 4.47. The molecule has 3 aromatic rings. The molecule has 1 N–H and O–H groups in total. The normalized spacial score (nSPS) is 14.4. The van der Waals surface area contributed by atoms with Crippen molar-refractivity contribution in [2.45, 2.75) is 13.2 Å². The maximum absolute atomic E-state index is 11.5. The Morgan fingerprint density at radius 2 is 1.77 bits per heavy atom. The molecule has 7 heteroatoms. The molecule has 0 unspecified atom stereocenters. The molecule has 1 fully saturated rings. The number of rotatable bonds is 7. The summed E-state index contributed by atoms with van der Waals surface area (Å²) in [5.74, 6) is 0.288. The first-order valence-corrected chi connectivity index (χ1v) is 10.6. The number of nitrogens with zero attached hydrogens (tertiary/aromatic N) is 3. The fraction of sp³-hybridized carbons (Fsp3) is 0.250. The van der Waals surface area contributed by atoms with E-state index in [0.717, 1.165) is 38.3 Å². The number of hydrogen-bond acceptors (Lipinski definition) is 5. The van der Waals surface area contributed by atoms with Crippen molar-refractivity contribution in [1.29, 1.82) is 0 Å². The first kappa shape index (κ1) is 21.2. The minimum atomic E-state index is -0.943. The van der Waals surface area contributed by atoms with E-state index in [1.165, 1.54) is 5.56 Å². The number of benzene rings is 2. The Bertz CT molecular complexity index is 1050. The summed E-state index contributed by atoms with van der Waals surface area (Å²) in [6, 6.07) is 19.1. The topological polar surface area (TPSA) is 65.9 Å². The SMILES string of the molecule is O=C(O)c1cccnc1N1CCN(Cc2cccc(COc3ccccc3Cl)c2)CC1. The average molecular weight is 438 g/mol. The third kappa shape index (κ3) is 5.34. The zero-order valence-corrected chi connectivity index (χ0v) is 17.8. The number of halogens is 1. The maximum Gasteiger partial charge on any atom is 0.339 e. The summed E-state index contributed by atoms with van der Waals surface area (Å²) in [5, 5.41) is 10.0. The molecule has 0 radical (unpaired) electrons. The third-order valence-electron chi connectivity index (χ3n) is 5.32. The van der Waals surface area contributed by atoms with E-state index < -0.39 is 5.97 Å². The minimum Gasteiger partial charge on any atom is -0.487 e. The summed E-state index contributed by atoms with van der Waals surface area (Å²) in [4.78, 5) is 20.2. The predicted octanol–water partition coefficient (Wildman–Crippen LogP) is 4.33. The van der Waals surface area contributed by atoms with Gasteiger partial charge in [-0.05, 0) is 35.4 Å². The van der Waals surface area contributed by atoms with Crippen molar-refractivity contribution in [3.8, 4) is 5.75 Å². The summed E-state index contributed by atoms with van der Waals surface area (Å²) >= 11 is 6.16. The highest BCUT2D eigenvalue weighted by Gasteiger charge is 2.22. The molecule has 2 heterocycles. The summed E-state index contributed by atoms with van der Waals surface area (Å²) < 4.78 is 5.85. The van der Waals surface area contributed by atoms with Gasteiger partial charge in [0.25, 0.3) is 0 Å². The number of aromatic nitrogens is 1. The third-order valence-corrected chi connectivity index (χ3v) is 5.63. The molecule has 0 saturated carbocycles.